The van der Waals surface area contributed by atoms with Crippen LogP contribution in [0.25, 0.3) is 12.2 Å². The summed E-state index contributed by atoms with van der Waals surface area (Å²) in [4.78, 5) is 38.2. The molecule has 12 nitrogen and oxygen atoms in total. The van der Waals surface area contributed by atoms with E-state index in [0.717, 1.165) is 12.4 Å². The van der Waals surface area contributed by atoms with Crippen molar-refractivity contribution in [3.8, 4) is 0 Å². The number of benzene rings is 2. The van der Waals surface area contributed by atoms with E-state index < -0.39 is 19.7 Å². The first kappa shape index (κ1) is 21.6. The maximum atomic E-state index is 10.3. The zero-order valence-corrected chi connectivity index (χ0v) is 14.0. The zero-order valence-electron chi connectivity index (χ0n) is 14.0. The SMILES string of the molecule is O=[N+]([O-])/C=C/c1ccc([N+](=O)[O-])cc1.O=[N+]([O-])/C=C/c1ccc([N+](=O)[O-])cc1. The second kappa shape index (κ2) is 10.5. The molecule has 0 saturated carbocycles. The van der Waals surface area contributed by atoms with Crippen LogP contribution in [0.3, 0.4) is 0 Å². The van der Waals surface area contributed by atoms with Gasteiger partial charge in [0.15, 0.2) is 0 Å². The van der Waals surface area contributed by atoms with Crippen LogP contribution in [0.1, 0.15) is 11.1 Å². The van der Waals surface area contributed by atoms with Gasteiger partial charge in [-0.15, -0.1) is 0 Å². The summed E-state index contributed by atoms with van der Waals surface area (Å²) in [6, 6.07) is 10.9. The minimum Gasteiger partial charge on any atom is -0.259 e. The Labute approximate surface area is 156 Å². The topological polar surface area (TPSA) is 173 Å². The van der Waals surface area contributed by atoms with E-state index in [0.29, 0.717) is 11.1 Å². The second-order valence-corrected chi connectivity index (χ2v) is 4.90. The Hall–Kier alpha value is -4.48. The van der Waals surface area contributed by atoms with Gasteiger partial charge in [0.2, 0.25) is 12.4 Å². The smallest absolute Gasteiger partial charge is 0.259 e. The van der Waals surface area contributed by atoms with Crippen molar-refractivity contribution in [2.45, 2.75) is 0 Å². The predicted octanol–water partition coefficient (Wildman–Crippen LogP) is 3.68. The number of non-ortho nitro benzene ring substituents is 2. The van der Waals surface area contributed by atoms with E-state index in [2.05, 4.69) is 0 Å². The summed E-state index contributed by atoms with van der Waals surface area (Å²) in [5.41, 5.74) is 1.02. The van der Waals surface area contributed by atoms with Gasteiger partial charge in [-0.2, -0.15) is 0 Å². The van der Waals surface area contributed by atoms with Crippen LogP contribution < -0.4 is 0 Å². The molecule has 2 rings (SSSR count). The second-order valence-electron chi connectivity index (χ2n) is 4.90. The molecule has 0 fully saturated rings. The monoisotopic (exact) mass is 388 g/mol. The van der Waals surface area contributed by atoms with Crippen molar-refractivity contribution in [2.24, 2.45) is 0 Å². The number of hydrogen-bond donors (Lipinski definition) is 0. The molecule has 2 aromatic rings. The molecule has 0 atom stereocenters. The van der Waals surface area contributed by atoms with Crippen LogP contribution in [0.4, 0.5) is 11.4 Å². The van der Waals surface area contributed by atoms with E-state index in [9.17, 15) is 40.5 Å². The van der Waals surface area contributed by atoms with Gasteiger partial charge >= 0.3 is 0 Å². The van der Waals surface area contributed by atoms with Crippen molar-refractivity contribution >= 4 is 23.5 Å². The molecule has 144 valence electrons. The molecular formula is C16H12N4O8. The maximum Gasteiger partial charge on any atom is 0.269 e. The molecule has 28 heavy (non-hydrogen) atoms. The van der Waals surface area contributed by atoms with Gasteiger partial charge in [-0.3, -0.25) is 40.5 Å². The third-order valence-electron chi connectivity index (χ3n) is 2.99. The molecule has 0 bridgehead atoms. The summed E-state index contributed by atoms with van der Waals surface area (Å²) in [6.45, 7) is 0. The fourth-order valence-corrected chi connectivity index (χ4v) is 1.71. The van der Waals surface area contributed by atoms with Gasteiger partial charge in [-0.25, -0.2) is 0 Å². The van der Waals surface area contributed by atoms with Crippen molar-refractivity contribution < 1.29 is 19.7 Å². The summed E-state index contributed by atoms with van der Waals surface area (Å²) in [5.74, 6) is 0. The molecule has 0 aliphatic heterocycles. The van der Waals surface area contributed by atoms with Crippen molar-refractivity contribution in [1.82, 2.24) is 0 Å². The molecular weight excluding hydrogens is 376 g/mol. The average Bonchev–Trinajstić information content (AvgIpc) is 2.65. The van der Waals surface area contributed by atoms with Crippen molar-refractivity contribution in [2.75, 3.05) is 0 Å². The van der Waals surface area contributed by atoms with Crippen LogP contribution in [0.5, 0.6) is 0 Å². The molecule has 0 aliphatic carbocycles. The van der Waals surface area contributed by atoms with Crippen LogP contribution in [0, 0.1) is 40.5 Å². The van der Waals surface area contributed by atoms with Crippen LogP contribution in [-0.2, 0) is 0 Å². The molecule has 12 heteroatoms. The van der Waals surface area contributed by atoms with E-state index in [1.165, 1.54) is 60.7 Å². The Bertz CT molecular complexity index is 843. The molecule has 0 spiro atoms. The Morgan fingerprint density at radius 2 is 0.821 bits per heavy atom. The van der Waals surface area contributed by atoms with E-state index in [4.69, 9.17) is 0 Å². The molecule has 2 aromatic carbocycles. The first-order valence-corrected chi connectivity index (χ1v) is 7.31. The summed E-state index contributed by atoms with van der Waals surface area (Å²) in [5, 5.41) is 40.4. The lowest BCUT2D eigenvalue weighted by Gasteiger charge is -1.91. The van der Waals surface area contributed by atoms with E-state index in [1.54, 1.807) is 0 Å². The molecule has 0 aliphatic rings. The molecule has 0 radical (unpaired) electrons. The molecule has 0 amide bonds. The number of rotatable bonds is 6. The van der Waals surface area contributed by atoms with Crippen LogP contribution in [0.15, 0.2) is 60.9 Å². The third kappa shape index (κ3) is 8.06. The first-order chi connectivity index (χ1) is 13.2. The van der Waals surface area contributed by atoms with Crippen molar-refractivity contribution in [1.29, 1.82) is 0 Å². The molecule has 0 heterocycles. The zero-order chi connectivity index (χ0) is 21.1. The van der Waals surface area contributed by atoms with E-state index in [1.807, 2.05) is 0 Å². The van der Waals surface area contributed by atoms with Gasteiger partial charge < -0.3 is 0 Å². The summed E-state index contributed by atoms with van der Waals surface area (Å²) < 4.78 is 0. The lowest BCUT2D eigenvalue weighted by Crippen LogP contribution is -1.87. The fourth-order valence-electron chi connectivity index (χ4n) is 1.71. The predicted molar refractivity (Wildman–Crippen MR) is 98.2 cm³/mol. The van der Waals surface area contributed by atoms with Gasteiger partial charge in [0.25, 0.3) is 11.4 Å². The molecule has 0 saturated heterocycles. The molecule has 0 N–H and O–H groups in total. The Morgan fingerprint density at radius 1 is 0.536 bits per heavy atom. The van der Waals surface area contributed by atoms with E-state index >= 15 is 0 Å². The number of nitro groups is 4. The highest BCUT2D eigenvalue weighted by atomic mass is 16.6. The van der Waals surface area contributed by atoms with Crippen molar-refractivity contribution in [3.05, 3.63) is 113 Å². The largest absolute Gasteiger partial charge is 0.269 e. The van der Waals surface area contributed by atoms with Gasteiger partial charge in [0.1, 0.15) is 0 Å². The maximum absolute atomic E-state index is 10.3. The number of nitrogens with zero attached hydrogens (tertiary/aromatic N) is 4. The lowest BCUT2D eigenvalue weighted by molar-refractivity contribution is -0.401. The number of hydrogen-bond acceptors (Lipinski definition) is 8. The lowest BCUT2D eigenvalue weighted by atomic mass is 10.2. The van der Waals surface area contributed by atoms with Crippen LogP contribution in [-0.4, -0.2) is 19.7 Å². The summed E-state index contributed by atoms with van der Waals surface area (Å²) in [7, 11) is 0. The van der Waals surface area contributed by atoms with Crippen LogP contribution >= 0.6 is 0 Å². The van der Waals surface area contributed by atoms with Gasteiger partial charge in [-0.05, 0) is 35.4 Å². The summed E-state index contributed by atoms with van der Waals surface area (Å²) in [6.07, 6.45) is 4.09. The highest BCUT2D eigenvalue weighted by Crippen LogP contribution is 2.13. The minimum absolute atomic E-state index is 0.0387. The van der Waals surface area contributed by atoms with Crippen LogP contribution in [0.2, 0.25) is 0 Å². The Balaban J connectivity index is 0.000000280. The normalized spacial score (nSPS) is 10.3. The van der Waals surface area contributed by atoms with E-state index in [-0.39, 0.29) is 11.4 Å². The number of nitro benzene ring substituents is 2. The Morgan fingerprint density at radius 3 is 1.04 bits per heavy atom. The molecule has 0 unspecified atom stereocenters. The van der Waals surface area contributed by atoms with Gasteiger partial charge in [0, 0.05) is 36.4 Å². The van der Waals surface area contributed by atoms with Gasteiger partial charge in [-0.1, -0.05) is 0 Å². The third-order valence-corrected chi connectivity index (χ3v) is 2.99. The highest BCUT2D eigenvalue weighted by molar-refractivity contribution is 5.51. The standard InChI is InChI=1S/2C8H6N2O4/c2*11-9(12)6-5-7-1-3-8(4-2-7)10(13)14/h2*1-6H/b2*6-5+. The summed E-state index contributed by atoms with van der Waals surface area (Å²) >= 11 is 0. The highest BCUT2D eigenvalue weighted by Gasteiger charge is 2.03. The average molecular weight is 388 g/mol. The quantitative estimate of drug-likeness (QED) is 0.532. The van der Waals surface area contributed by atoms with Gasteiger partial charge in [0.05, 0.1) is 19.7 Å². The fraction of sp³-hybridized carbons (Fsp3) is 0. The van der Waals surface area contributed by atoms with Crippen molar-refractivity contribution in [3.63, 3.8) is 0 Å². The molecule has 0 aromatic heterocycles. The minimum atomic E-state index is -0.596. The first-order valence-electron chi connectivity index (χ1n) is 7.31. The Kier molecular flexibility index (Phi) is 8.08.